The molecule has 1 aliphatic heterocycles. The van der Waals surface area contributed by atoms with Gasteiger partial charge in [0.05, 0.1) is 0 Å². The van der Waals surface area contributed by atoms with Crippen molar-refractivity contribution in [1.82, 2.24) is 4.90 Å². The van der Waals surface area contributed by atoms with Crippen molar-refractivity contribution in [2.24, 2.45) is 28.6 Å². The maximum Gasteiger partial charge on any atom is 0.000977 e. The Morgan fingerprint density at radius 1 is 0.750 bits per heavy atom. The van der Waals surface area contributed by atoms with Gasteiger partial charge in [-0.15, -0.1) is 0 Å². The van der Waals surface area contributed by atoms with Gasteiger partial charge in [0.15, 0.2) is 0 Å². The van der Waals surface area contributed by atoms with Gasteiger partial charge in [-0.2, -0.15) is 0 Å². The topological polar surface area (TPSA) is 3.24 Å². The molecule has 0 N–H and O–H groups in total. The van der Waals surface area contributed by atoms with E-state index in [0.29, 0.717) is 10.8 Å². The molecular weight excluding hydrogens is 242 g/mol. The van der Waals surface area contributed by atoms with E-state index in [0.717, 1.165) is 17.8 Å². The third-order valence-electron chi connectivity index (χ3n) is 6.09. The smallest absolute Gasteiger partial charge is 0.000977 e. The van der Waals surface area contributed by atoms with E-state index in [9.17, 15) is 0 Å². The van der Waals surface area contributed by atoms with Crippen LogP contribution in [0.2, 0.25) is 0 Å². The summed E-state index contributed by atoms with van der Waals surface area (Å²) in [5.41, 5.74) is 1.03. The van der Waals surface area contributed by atoms with E-state index in [1.54, 1.807) is 0 Å². The van der Waals surface area contributed by atoms with Gasteiger partial charge in [0.25, 0.3) is 0 Å². The number of nitrogens with zero attached hydrogens (tertiary/aromatic N) is 1. The van der Waals surface area contributed by atoms with Crippen molar-refractivity contribution in [3.8, 4) is 0 Å². The fourth-order valence-electron chi connectivity index (χ4n) is 4.37. The third kappa shape index (κ3) is 4.23. The van der Waals surface area contributed by atoms with Crippen molar-refractivity contribution < 1.29 is 0 Å². The molecule has 2 fully saturated rings. The van der Waals surface area contributed by atoms with Crippen molar-refractivity contribution in [3.63, 3.8) is 0 Å². The Kier molecular flexibility index (Phi) is 4.89. The van der Waals surface area contributed by atoms with Crippen LogP contribution < -0.4 is 0 Å². The lowest BCUT2D eigenvalue weighted by Gasteiger charge is -2.39. The summed E-state index contributed by atoms with van der Waals surface area (Å²) in [5.74, 6) is 2.87. The molecule has 1 nitrogen and oxygen atoms in total. The highest BCUT2D eigenvalue weighted by atomic mass is 15.1. The van der Waals surface area contributed by atoms with Crippen LogP contribution in [0.4, 0.5) is 0 Å². The van der Waals surface area contributed by atoms with Crippen LogP contribution in [0.1, 0.15) is 73.6 Å². The number of piperidine rings is 1. The fraction of sp³-hybridized carbons (Fsp3) is 1.00. The van der Waals surface area contributed by atoms with E-state index in [2.05, 4.69) is 46.4 Å². The molecule has 0 spiro atoms. The first kappa shape index (κ1) is 16.3. The highest BCUT2D eigenvalue weighted by Crippen LogP contribution is 2.42. The zero-order chi connectivity index (χ0) is 15.0. The SMILES string of the molecule is CC(C)(C)C1CCN(C[C@@H]2CCC(C(C)(C)C)C2)CC1. The van der Waals surface area contributed by atoms with Gasteiger partial charge in [0.2, 0.25) is 0 Å². The summed E-state index contributed by atoms with van der Waals surface area (Å²) in [4.78, 5) is 2.76. The first-order valence-electron chi connectivity index (χ1n) is 8.88. The van der Waals surface area contributed by atoms with E-state index < -0.39 is 0 Å². The van der Waals surface area contributed by atoms with Crippen LogP contribution in [0.3, 0.4) is 0 Å². The Hall–Kier alpha value is -0.0400. The average Bonchev–Trinajstić information content (AvgIpc) is 2.77. The second-order valence-electron chi connectivity index (χ2n) is 9.68. The van der Waals surface area contributed by atoms with Crippen LogP contribution in [0.25, 0.3) is 0 Å². The Morgan fingerprint density at radius 3 is 1.75 bits per heavy atom. The molecule has 0 aromatic rings. The van der Waals surface area contributed by atoms with E-state index in [-0.39, 0.29) is 0 Å². The van der Waals surface area contributed by atoms with Gasteiger partial charge in [-0.25, -0.2) is 0 Å². The molecule has 1 unspecified atom stereocenters. The summed E-state index contributed by atoms with van der Waals surface area (Å²) in [5, 5.41) is 0. The maximum absolute atomic E-state index is 2.76. The van der Waals surface area contributed by atoms with Gasteiger partial charge in [-0.3, -0.25) is 0 Å². The number of hydrogen-bond donors (Lipinski definition) is 0. The zero-order valence-electron chi connectivity index (χ0n) is 14.8. The van der Waals surface area contributed by atoms with Crippen LogP contribution in [-0.2, 0) is 0 Å². The monoisotopic (exact) mass is 279 g/mol. The molecule has 118 valence electrons. The lowest BCUT2D eigenvalue weighted by Crippen LogP contribution is -2.40. The summed E-state index contributed by atoms with van der Waals surface area (Å²) in [6.07, 6.45) is 7.24. The summed E-state index contributed by atoms with van der Waals surface area (Å²) < 4.78 is 0. The number of rotatable bonds is 2. The van der Waals surface area contributed by atoms with Gasteiger partial charge in [0.1, 0.15) is 0 Å². The second kappa shape index (κ2) is 5.99. The van der Waals surface area contributed by atoms with E-state index >= 15 is 0 Å². The maximum atomic E-state index is 2.76. The van der Waals surface area contributed by atoms with Gasteiger partial charge in [0, 0.05) is 6.54 Å². The minimum Gasteiger partial charge on any atom is -0.303 e. The molecule has 0 radical (unpaired) electrons. The van der Waals surface area contributed by atoms with Crippen LogP contribution >= 0.6 is 0 Å². The van der Waals surface area contributed by atoms with Crippen LogP contribution in [-0.4, -0.2) is 24.5 Å². The third-order valence-corrected chi connectivity index (χ3v) is 6.09. The molecule has 2 rings (SSSR count). The van der Waals surface area contributed by atoms with E-state index in [4.69, 9.17) is 0 Å². The molecule has 0 aromatic heterocycles. The normalized spacial score (nSPS) is 30.9. The molecular formula is C19H37N. The van der Waals surface area contributed by atoms with Gasteiger partial charge < -0.3 is 4.90 Å². The lowest BCUT2D eigenvalue weighted by molar-refractivity contribution is 0.0996. The highest BCUT2D eigenvalue weighted by molar-refractivity contribution is 4.86. The molecule has 1 aliphatic carbocycles. The van der Waals surface area contributed by atoms with Crippen LogP contribution in [0.15, 0.2) is 0 Å². The number of hydrogen-bond acceptors (Lipinski definition) is 1. The van der Waals surface area contributed by atoms with Gasteiger partial charge in [-0.1, -0.05) is 41.5 Å². The molecule has 20 heavy (non-hydrogen) atoms. The molecule has 2 atom stereocenters. The Balaban J connectivity index is 1.74. The van der Waals surface area contributed by atoms with Crippen LogP contribution in [0, 0.1) is 28.6 Å². The van der Waals surface area contributed by atoms with Crippen molar-refractivity contribution in [2.45, 2.75) is 73.6 Å². The largest absolute Gasteiger partial charge is 0.303 e. The Labute approximate surface area is 127 Å². The molecule has 0 aromatic carbocycles. The molecule has 0 bridgehead atoms. The van der Waals surface area contributed by atoms with Crippen molar-refractivity contribution in [2.75, 3.05) is 19.6 Å². The summed E-state index contributed by atoms with van der Waals surface area (Å²) >= 11 is 0. The van der Waals surface area contributed by atoms with E-state index in [1.807, 2.05) is 0 Å². The molecule has 1 heterocycles. The minimum atomic E-state index is 0.511. The van der Waals surface area contributed by atoms with Gasteiger partial charge >= 0.3 is 0 Å². The predicted molar refractivity (Wildman–Crippen MR) is 88.9 cm³/mol. The molecule has 0 amide bonds. The Bertz CT molecular complexity index is 299. The highest BCUT2D eigenvalue weighted by Gasteiger charge is 2.35. The van der Waals surface area contributed by atoms with E-state index in [1.165, 1.54) is 51.7 Å². The minimum absolute atomic E-state index is 0.511. The predicted octanol–water partition coefficient (Wildman–Crippen LogP) is 5.21. The standard InChI is InChI=1S/C19H37N/c1-18(2,3)16-9-11-20(12-10-16)14-15-7-8-17(13-15)19(4,5)6/h15-17H,7-14H2,1-6H3/t15-,17?/m1/s1. The second-order valence-corrected chi connectivity index (χ2v) is 9.68. The quantitative estimate of drug-likeness (QED) is 0.671. The first-order valence-corrected chi connectivity index (χ1v) is 8.88. The lowest BCUT2D eigenvalue weighted by atomic mass is 9.75. The summed E-state index contributed by atoms with van der Waals surface area (Å²) in [7, 11) is 0. The molecule has 1 saturated carbocycles. The van der Waals surface area contributed by atoms with Crippen molar-refractivity contribution >= 4 is 0 Å². The molecule has 1 saturated heterocycles. The zero-order valence-corrected chi connectivity index (χ0v) is 14.8. The fourth-order valence-corrected chi connectivity index (χ4v) is 4.37. The van der Waals surface area contributed by atoms with Crippen LogP contribution in [0.5, 0.6) is 0 Å². The van der Waals surface area contributed by atoms with Crippen molar-refractivity contribution in [3.05, 3.63) is 0 Å². The molecule has 2 aliphatic rings. The Morgan fingerprint density at radius 2 is 1.30 bits per heavy atom. The number of likely N-dealkylation sites (tertiary alicyclic amines) is 1. The summed E-state index contributed by atoms with van der Waals surface area (Å²) in [6.45, 7) is 18.6. The average molecular weight is 280 g/mol. The molecule has 1 heteroatoms. The van der Waals surface area contributed by atoms with Gasteiger partial charge in [-0.05, 0) is 73.8 Å². The summed E-state index contributed by atoms with van der Waals surface area (Å²) in [6, 6.07) is 0. The van der Waals surface area contributed by atoms with Crippen molar-refractivity contribution in [1.29, 1.82) is 0 Å². The first-order chi connectivity index (χ1) is 9.16.